The average Bonchev–Trinajstić information content (AvgIpc) is 3.24. The smallest absolute Gasteiger partial charge is 0.226 e. The van der Waals surface area contributed by atoms with E-state index in [0.29, 0.717) is 11.7 Å². The Bertz CT molecular complexity index is 976. The number of aromatic nitrogens is 1. The van der Waals surface area contributed by atoms with E-state index in [-0.39, 0.29) is 24.7 Å². The first kappa shape index (κ1) is 17.2. The Labute approximate surface area is 159 Å². The molecule has 0 saturated heterocycles. The normalized spacial score (nSPS) is 13.7. The highest BCUT2D eigenvalue weighted by Gasteiger charge is 2.22. The molecule has 2 aromatic heterocycles. The van der Waals surface area contributed by atoms with E-state index in [2.05, 4.69) is 27.8 Å². The molecule has 1 N–H and O–H groups in total. The molecule has 7 heteroatoms. The van der Waals surface area contributed by atoms with Crippen molar-refractivity contribution in [2.24, 2.45) is 0 Å². The number of nitrogens with zero attached hydrogens (tertiary/aromatic N) is 2. The standard InChI is InChI=1S/C19H19N3O2S2/c1-12-2-3-14-16(10-12)26-19(20-14)21-17(23)4-5-18(24)22-8-6-15-13(11-22)7-9-25-15/h2-3,7,9-10H,4-6,8,11H2,1H3,(H,20,21,23). The number of aryl methyl sites for hydroxylation is 1. The minimum Gasteiger partial charge on any atom is -0.338 e. The lowest BCUT2D eigenvalue weighted by Crippen LogP contribution is -2.35. The molecule has 1 aliphatic rings. The van der Waals surface area contributed by atoms with E-state index >= 15 is 0 Å². The molecule has 0 unspecified atom stereocenters. The van der Waals surface area contributed by atoms with Crippen LogP contribution in [0.3, 0.4) is 0 Å². The van der Waals surface area contributed by atoms with Gasteiger partial charge in [0, 0.05) is 30.8 Å². The van der Waals surface area contributed by atoms with Crippen molar-refractivity contribution in [2.45, 2.75) is 32.7 Å². The molecule has 0 radical (unpaired) electrons. The molecule has 3 aromatic rings. The van der Waals surface area contributed by atoms with Gasteiger partial charge in [-0.2, -0.15) is 0 Å². The highest BCUT2D eigenvalue weighted by molar-refractivity contribution is 7.22. The third-order valence-corrected chi connectivity index (χ3v) is 6.47. The van der Waals surface area contributed by atoms with Gasteiger partial charge in [0.15, 0.2) is 5.13 Å². The van der Waals surface area contributed by atoms with E-state index in [1.165, 1.54) is 27.3 Å². The Morgan fingerprint density at radius 1 is 1.27 bits per heavy atom. The van der Waals surface area contributed by atoms with Crippen LogP contribution in [-0.2, 0) is 22.6 Å². The second-order valence-corrected chi connectivity index (χ2v) is 8.50. The zero-order valence-corrected chi connectivity index (χ0v) is 16.1. The highest BCUT2D eigenvalue weighted by Crippen LogP contribution is 2.27. The number of carbonyl (C=O) groups is 2. The van der Waals surface area contributed by atoms with E-state index in [0.717, 1.165) is 23.2 Å². The van der Waals surface area contributed by atoms with Gasteiger partial charge in [-0.1, -0.05) is 17.4 Å². The van der Waals surface area contributed by atoms with Crippen LogP contribution in [-0.4, -0.2) is 28.2 Å². The topological polar surface area (TPSA) is 62.3 Å². The summed E-state index contributed by atoms with van der Waals surface area (Å²) in [5.74, 6) is -0.126. The molecule has 26 heavy (non-hydrogen) atoms. The SMILES string of the molecule is Cc1ccc2nc(NC(=O)CCC(=O)N3CCc4sccc4C3)sc2c1. The van der Waals surface area contributed by atoms with E-state index in [1.807, 2.05) is 24.0 Å². The van der Waals surface area contributed by atoms with Crippen LogP contribution in [0.4, 0.5) is 5.13 Å². The fourth-order valence-electron chi connectivity index (χ4n) is 3.11. The van der Waals surface area contributed by atoms with Crippen molar-refractivity contribution in [2.75, 3.05) is 11.9 Å². The number of anilines is 1. The zero-order valence-electron chi connectivity index (χ0n) is 14.4. The zero-order chi connectivity index (χ0) is 18.1. The van der Waals surface area contributed by atoms with Crippen molar-refractivity contribution in [3.63, 3.8) is 0 Å². The number of hydrogen-bond acceptors (Lipinski definition) is 5. The summed E-state index contributed by atoms with van der Waals surface area (Å²) in [6, 6.07) is 8.10. The molecule has 3 heterocycles. The predicted octanol–water partition coefficient (Wildman–Crippen LogP) is 3.97. The van der Waals surface area contributed by atoms with Gasteiger partial charge < -0.3 is 10.2 Å². The number of fused-ring (bicyclic) bond motifs is 2. The lowest BCUT2D eigenvalue weighted by Gasteiger charge is -2.27. The van der Waals surface area contributed by atoms with Crippen LogP contribution < -0.4 is 5.32 Å². The molecule has 5 nitrogen and oxygen atoms in total. The third-order valence-electron chi connectivity index (χ3n) is 4.52. The van der Waals surface area contributed by atoms with Crippen molar-refractivity contribution in [1.82, 2.24) is 9.88 Å². The minimum atomic E-state index is -0.164. The number of nitrogens with one attached hydrogen (secondary N) is 1. The number of rotatable bonds is 4. The monoisotopic (exact) mass is 385 g/mol. The van der Waals surface area contributed by atoms with Crippen LogP contribution in [0.5, 0.6) is 0 Å². The summed E-state index contributed by atoms with van der Waals surface area (Å²) < 4.78 is 1.05. The quantitative estimate of drug-likeness (QED) is 0.739. The summed E-state index contributed by atoms with van der Waals surface area (Å²) in [6.45, 7) is 3.43. The Kier molecular flexibility index (Phi) is 4.74. The molecule has 0 spiro atoms. The van der Waals surface area contributed by atoms with Gasteiger partial charge in [-0.05, 0) is 48.1 Å². The minimum absolute atomic E-state index is 0.0388. The second kappa shape index (κ2) is 7.17. The van der Waals surface area contributed by atoms with Gasteiger partial charge in [0.05, 0.1) is 10.2 Å². The lowest BCUT2D eigenvalue weighted by atomic mass is 10.1. The molecule has 1 aromatic carbocycles. The molecule has 1 aliphatic heterocycles. The number of carbonyl (C=O) groups excluding carboxylic acids is 2. The van der Waals surface area contributed by atoms with Crippen molar-refractivity contribution < 1.29 is 9.59 Å². The summed E-state index contributed by atoms with van der Waals surface area (Å²) in [5.41, 5.74) is 3.29. The van der Waals surface area contributed by atoms with Crippen LogP contribution in [0, 0.1) is 6.92 Å². The summed E-state index contributed by atoms with van der Waals surface area (Å²) in [6.07, 6.45) is 1.33. The van der Waals surface area contributed by atoms with E-state index in [1.54, 1.807) is 11.3 Å². The fraction of sp³-hybridized carbons (Fsp3) is 0.316. The van der Waals surface area contributed by atoms with Gasteiger partial charge in [-0.15, -0.1) is 11.3 Å². The number of amides is 2. The van der Waals surface area contributed by atoms with Gasteiger partial charge in [-0.25, -0.2) is 4.98 Å². The number of thiazole rings is 1. The maximum absolute atomic E-state index is 12.4. The van der Waals surface area contributed by atoms with Crippen LogP contribution in [0.15, 0.2) is 29.6 Å². The Morgan fingerprint density at radius 3 is 3.04 bits per heavy atom. The second-order valence-electron chi connectivity index (χ2n) is 6.47. The van der Waals surface area contributed by atoms with Crippen LogP contribution in [0.1, 0.15) is 28.8 Å². The van der Waals surface area contributed by atoms with E-state index in [9.17, 15) is 9.59 Å². The summed E-state index contributed by atoms with van der Waals surface area (Å²) in [7, 11) is 0. The molecular formula is C19H19N3O2S2. The average molecular weight is 386 g/mol. The van der Waals surface area contributed by atoms with Gasteiger partial charge in [0.25, 0.3) is 0 Å². The highest BCUT2D eigenvalue weighted by atomic mass is 32.1. The molecule has 0 bridgehead atoms. The maximum atomic E-state index is 12.4. The summed E-state index contributed by atoms with van der Waals surface area (Å²) in [4.78, 5) is 32.2. The fourth-order valence-corrected chi connectivity index (χ4v) is 4.98. The molecule has 0 fully saturated rings. The summed E-state index contributed by atoms with van der Waals surface area (Å²) >= 11 is 3.21. The van der Waals surface area contributed by atoms with Crippen LogP contribution in [0.2, 0.25) is 0 Å². The molecule has 0 atom stereocenters. The summed E-state index contributed by atoms with van der Waals surface area (Å²) in [5, 5.41) is 5.48. The first-order valence-electron chi connectivity index (χ1n) is 8.58. The van der Waals surface area contributed by atoms with Crippen LogP contribution in [0.25, 0.3) is 10.2 Å². The molecule has 4 rings (SSSR count). The predicted molar refractivity (Wildman–Crippen MR) is 106 cm³/mol. The van der Waals surface area contributed by atoms with E-state index in [4.69, 9.17) is 0 Å². The number of benzene rings is 1. The molecule has 0 saturated carbocycles. The number of hydrogen-bond donors (Lipinski definition) is 1. The number of thiophene rings is 1. The molecular weight excluding hydrogens is 366 g/mol. The van der Waals surface area contributed by atoms with Gasteiger partial charge in [-0.3, -0.25) is 9.59 Å². The van der Waals surface area contributed by atoms with Crippen molar-refractivity contribution in [3.8, 4) is 0 Å². The van der Waals surface area contributed by atoms with E-state index < -0.39 is 0 Å². The van der Waals surface area contributed by atoms with Gasteiger partial charge in [0.2, 0.25) is 11.8 Å². The maximum Gasteiger partial charge on any atom is 0.226 e. The molecule has 2 amide bonds. The Balaban J connectivity index is 1.31. The first-order valence-corrected chi connectivity index (χ1v) is 10.3. The Hall–Kier alpha value is -2.25. The lowest BCUT2D eigenvalue weighted by molar-refractivity contribution is -0.133. The first-order chi connectivity index (χ1) is 12.6. The van der Waals surface area contributed by atoms with Gasteiger partial charge in [0.1, 0.15) is 0 Å². The molecule has 134 valence electrons. The van der Waals surface area contributed by atoms with Gasteiger partial charge >= 0.3 is 0 Å². The largest absolute Gasteiger partial charge is 0.338 e. The Morgan fingerprint density at radius 2 is 2.15 bits per heavy atom. The van der Waals surface area contributed by atoms with Crippen molar-refractivity contribution in [3.05, 3.63) is 45.6 Å². The van der Waals surface area contributed by atoms with Crippen LogP contribution >= 0.6 is 22.7 Å². The van der Waals surface area contributed by atoms with Crippen molar-refractivity contribution >= 4 is 49.8 Å². The third kappa shape index (κ3) is 3.64. The molecule has 0 aliphatic carbocycles. The van der Waals surface area contributed by atoms with Crippen molar-refractivity contribution in [1.29, 1.82) is 0 Å².